The molecule has 0 aliphatic heterocycles. The fraction of sp³-hybridized carbons (Fsp3) is 0.471. The van der Waals surface area contributed by atoms with Crippen molar-refractivity contribution in [1.29, 1.82) is 0 Å². The van der Waals surface area contributed by atoms with Gasteiger partial charge < -0.3 is 10.4 Å². The van der Waals surface area contributed by atoms with Gasteiger partial charge in [0.25, 0.3) is 0 Å². The van der Waals surface area contributed by atoms with Crippen molar-refractivity contribution < 1.29 is 9.90 Å². The molecule has 1 aromatic rings. The standard InChI is InChI=1S/C17H23NO2/c1-13(16(19)12-14-8-4-2-5-9-14)18-17(20)15-10-6-3-7-11-15/h2-6,8-9,13,15-16,19H,7,10-12H2,1H3,(H,18,20). The topological polar surface area (TPSA) is 49.3 Å². The van der Waals surface area contributed by atoms with Gasteiger partial charge in [0.1, 0.15) is 0 Å². The third-order valence-corrected chi connectivity index (χ3v) is 3.87. The Morgan fingerprint density at radius 2 is 2.10 bits per heavy atom. The molecule has 0 saturated carbocycles. The Morgan fingerprint density at radius 3 is 2.75 bits per heavy atom. The third-order valence-electron chi connectivity index (χ3n) is 3.87. The molecule has 1 aromatic carbocycles. The van der Waals surface area contributed by atoms with Gasteiger partial charge >= 0.3 is 0 Å². The van der Waals surface area contributed by atoms with Crippen molar-refractivity contribution in [2.45, 2.75) is 44.8 Å². The van der Waals surface area contributed by atoms with E-state index >= 15 is 0 Å². The first-order chi connectivity index (χ1) is 9.66. The number of aliphatic hydroxyl groups is 1. The Hall–Kier alpha value is -1.61. The molecule has 108 valence electrons. The first-order valence-corrected chi connectivity index (χ1v) is 7.34. The molecule has 3 nitrogen and oxygen atoms in total. The molecule has 1 aliphatic carbocycles. The fourth-order valence-electron chi connectivity index (χ4n) is 2.50. The van der Waals surface area contributed by atoms with Crippen molar-refractivity contribution in [2.75, 3.05) is 0 Å². The lowest BCUT2D eigenvalue weighted by Crippen LogP contribution is -2.44. The minimum Gasteiger partial charge on any atom is -0.391 e. The van der Waals surface area contributed by atoms with E-state index in [1.807, 2.05) is 37.3 Å². The number of amides is 1. The van der Waals surface area contributed by atoms with Gasteiger partial charge in [-0.25, -0.2) is 0 Å². The summed E-state index contributed by atoms with van der Waals surface area (Å²) in [5, 5.41) is 13.1. The SMILES string of the molecule is CC(NC(=O)C1CC=CCC1)C(O)Cc1ccccc1. The zero-order valence-electron chi connectivity index (χ0n) is 12.0. The van der Waals surface area contributed by atoms with Crippen molar-refractivity contribution in [2.24, 2.45) is 5.92 Å². The van der Waals surface area contributed by atoms with Gasteiger partial charge in [-0.15, -0.1) is 0 Å². The maximum absolute atomic E-state index is 12.1. The van der Waals surface area contributed by atoms with Crippen LogP contribution in [0.1, 0.15) is 31.7 Å². The fourth-order valence-corrected chi connectivity index (χ4v) is 2.50. The predicted octanol–water partition coefficient (Wildman–Crippen LogP) is 2.45. The molecular weight excluding hydrogens is 250 g/mol. The van der Waals surface area contributed by atoms with Crippen molar-refractivity contribution in [3.05, 3.63) is 48.0 Å². The van der Waals surface area contributed by atoms with E-state index in [9.17, 15) is 9.90 Å². The van der Waals surface area contributed by atoms with E-state index in [4.69, 9.17) is 0 Å². The van der Waals surface area contributed by atoms with Crippen molar-refractivity contribution in [3.63, 3.8) is 0 Å². The summed E-state index contributed by atoms with van der Waals surface area (Å²) >= 11 is 0. The highest BCUT2D eigenvalue weighted by atomic mass is 16.3. The van der Waals surface area contributed by atoms with Crippen LogP contribution in [0.4, 0.5) is 0 Å². The van der Waals surface area contributed by atoms with Crippen LogP contribution in [0.2, 0.25) is 0 Å². The Kier molecular flexibility index (Phi) is 5.36. The summed E-state index contributed by atoms with van der Waals surface area (Å²) in [6, 6.07) is 9.62. The lowest BCUT2D eigenvalue weighted by molar-refractivity contribution is -0.126. The molecule has 2 rings (SSSR count). The highest BCUT2D eigenvalue weighted by molar-refractivity contribution is 5.79. The van der Waals surface area contributed by atoms with E-state index < -0.39 is 6.10 Å². The van der Waals surface area contributed by atoms with Crippen LogP contribution >= 0.6 is 0 Å². The normalized spacial score (nSPS) is 21.2. The number of rotatable bonds is 5. The molecule has 0 fully saturated rings. The average molecular weight is 273 g/mol. The maximum atomic E-state index is 12.1. The van der Waals surface area contributed by atoms with Gasteiger partial charge in [-0.3, -0.25) is 4.79 Å². The highest BCUT2D eigenvalue weighted by Crippen LogP contribution is 2.18. The van der Waals surface area contributed by atoms with Crippen LogP contribution in [0.3, 0.4) is 0 Å². The Bertz CT molecular complexity index is 455. The molecule has 1 amide bonds. The van der Waals surface area contributed by atoms with E-state index in [0.29, 0.717) is 6.42 Å². The summed E-state index contributed by atoms with van der Waals surface area (Å²) < 4.78 is 0. The first kappa shape index (κ1) is 14.8. The molecule has 0 aromatic heterocycles. The van der Waals surface area contributed by atoms with Gasteiger partial charge in [0.05, 0.1) is 12.1 Å². The van der Waals surface area contributed by atoms with E-state index in [1.54, 1.807) is 0 Å². The number of aliphatic hydroxyl groups excluding tert-OH is 1. The minimum absolute atomic E-state index is 0.0615. The number of hydrogen-bond acceptors (Lipinski definition) is 2. The molecule has 0 saturated heterocycles. The number of carbonyl (C=O) groups excluding carboxylic acids is 1. The van der Waals surface area contributed by atoms with E-state index in [-0.39, 0.29) is 17.9 Å². The zero-order chi connectivity index (χ0) is 14.4. The smallest absolute Gasteiger partial charge is 0.223 e. The molecule has 20 heavy (non-hydrogen) atoms. The van der Waals surface area contributed by atoms with Crippen molar-refractivity contribution in [3.8, 4) is 0 Å². The number of allylic oxidation sites excluding steroid dienone is 2. The van der Waals surface area contributed by atoms with Gasteiger partial charge in [0, 0.05) is 12.3 Å². The van der Waals surface area contributed by atoms with E-state index in [0.717, 1.165) is 24.8 Å². The number of benzene rings is 1. The predicted molar refractivity (Wildman–Crippen MR) is 80.2 cm³/mol. The third kappa shape index (κ3) is 4.20. The summed E-state index contributed by atoms with van der Waals surface area (Å²) in [5.41, 5.74) is 1.08. The molecule has 3 unspecified atom stereocenters. The summed E-state index contributed by atoms with van der Waals surface area (Å²) in [7, 11) is 0. The number of carbonyl (C=O) groups is 1. The zero-order valence-corrected chi connectivity index (χ0v) is 12.0. The van der Waals surface area contributed by atoms with Crippen LogP contribution in [0.25, 0.3) is 0 Å². The molecule has 2 N–H and O–H groups in total. The quantitative estimate of drug-likeness (QED) is 0.810. The average Bonchev–Trinajstić information content (AvgIpc) is 2.49. The largest absolute Gasteiger partial charge is 0.391 e. The first-order valence-electron chi connectivity index (χ1n) is 7.34. The van der Waals surface area contributed by atoms with Crippen LogP contribution in [-0.2, 0) is 11.2 Å². The monoisotopic (exact) mass is 273 g/mol. The maximum Gasteiger partial charge on any atom is 0.223 e. The lowest BCUT2D eigenvalue weighted by atomic mass is 9.93. The van der Waals surface area contributed by atoms with Crippen molar-refractivity contribution >= 4 is 5.91 Å². The second-order valence-corrected chi connectivity index (χ2v) is 5.54. The molecule has 0 heterocycles. The summed E-state index contributed by atoms with van der Waals surface area (Å²) in [6.07, 6.45) is 6.89. The Labute approximate surface area is 120 Å². The van der Waals surface area contributed by atoms with Gasteiger partial charge in [-0.1, -0.05) is 42.5 Å². The summed E-state index contributed by atoms with van der Waals surface area (Å²) in [4.78, 5) is 12.1. The molecule has 3 atom stereocenters. The lowest BCUT2D eigenvalue weighted by Gasteiger charge is -2.24. The van der Waals surface area contributed by atoms with Crippen LogP contribution in [-0.4, -0.2) is 23.2 Å². The van der Waals surface area contributed by atoms with Gasteiger partial charge in [-0.2, -0.15) is 0 Å². The number of hydrogen-bond donors (Lipinski definition) is 2. The van der Waals surface area contributed by atoms with Gasteiger partial charge in [0.15, 0.2) is 0 Å². The molecule has 0 radical (unpaired) electrons. The van der Waals surface area contributed by atoms with Gasteiger partial charge in [0.2, 0.25) is 5.91 Å². The van der Waals surface area contributed by atoms with Crippen LogP contribution in [0.5, 0.6) is 0 Å². The molecule has 1 aliphatic rings. The van der Waals surface area contributed by atoms with Crippen LogP contribution in [0, 0.1) is 5.92 Å². The van der Waals surface area contributed by atoms with E-state index in [1.165, 1.54) is 0 Å². The summed E-state index contributed by atoms with van der Waals surface area (Å²) in [5.74, 6) is 0.125. The minimum atomic E-state index is -0.555. The summed E-state index contributed by atoms with van der Waals surface area (Å²) in [6.45, 7) is 1.87. The number of nitrogens with one attached hydrogen (secondary N) is 1. The van der Waals surface area contributed by atoms with Crippen LogP contribution in [0.15, 0.2) is 42.5 Å². The Balaban J connectivity index is 1.82. The molecule has 3 heteroatoms. The second kappa shape index (κ2) is 7.25. The van der Waals surface area contributed by atoms with Crippen molar-refractivity contribution in [1.82, 2.24) is 5.32 Å². The Morgan fingerprint density at radius 1 is 1.35 bits per heavy atom. The molecular formula is C17H23NO2. The van der Waals surface area contributed by atoms with E-state index in [2.05, 4.69) is 17.5 Å². The molecule has 0 spiro atoms. The molecule has 0 bridgehead atoms. The van der Waals surface area contributed by atoms with Crippen LogP contribution < -0.4 is 5.32 Å². The highest BCUT2D eigenvalue weighted by Gasteiger charge is 2.23. The van der Waals surface area contributed by atoms with Gasteiger partial charge in [-0.05, 0) is 31.7 Å². The second-order valence-electron chi connectivity index (χ2n) is 5.54.